The first kappa shape index (κ1) is 20.3. The first-order chi connectivity index (χ1) is 13.5. The van der Waals surface area contributed by atoms with Gasteiger partial charge < -0.3 is 5.32 Å². The van der Waals surface area contributed by atoms with Gasteiger partial charge in [-0.3, -0.25) is 14.9 Å². The molecule has 0 aromatic heterocycles. The van der Waals surface area contributed by atoms with E-state index in [-0.39, 0.29) is 11.3 Å². The predicted octanol–water partition coefficient (Wildman–Crippen LogP) is 3.19. The smallest absolute Gasteiger partial charge is 0.314 e. The summed E-state index contributed by atoms with van der Waals surface area (Å²) in [7, 11) is 0. The number of anilines is 1. The van der Waals surface area contributed by atoms with Crippen LogP contribution in [0.5, 0.6) is 0 Å². The standard InChI is InChI=1S/C19H15F4N3O3/c1-10-3-8-14(9-11(10)2)26-16(28)18(19(21,22)23,25-17(26)29)24-15(27)12-4-6-13(20)7-5-12/h3-9H,1-2H3,(H,24,27)(H,25,29)/t18-/m0/s1. The second-order valence-electron chi connectivity index (χ2n) is 6.55. The van der Waals surface area contributed by atoms with Gasteiger partial charge >= 0.3 is 12.2 Å². The Morgan fingerprint density at radius 2 is 1.66 bits per heavy atom. The maximum Gasteiger partial charge on any atom is 0.440 e. The average Bonchev–Trinajstić information content (AvgIpc) is 2.89. The second-order valence-corrected chi connectivity index (χ2v) is 6.55. The van der Waals surface area contributed by atoms with Crippen molar-refractivity contribution in [3.63, 3.8) is 0 Å². The topological polar surface area (TPSA) is 78.5 Å². The van der Waals surface area contributed by atoms with Gasteiger partial charge in [0.25, 0.3) is 17.5 Å². The summed E-state index contributed by atoms with van der Waals surface area (Å²) >= 11 is 0. The van der Waals surface area contributed by atoms with Crippen LogP contribution in [0.4, 0.5) is 28.0 Å². The number of rotatable bonds is 3. The molecule has 0 saturated carbocycles. The van der Waals surface area contributed by atoms with Crippen LogP contribution in [0.2, 0.25) is 0 Å². The molecule has 1 fully saturated rings. The zero-order valence-electron chi connectivity index (χ0n) is 15.2. The lowest BCUT2D eigenvalue weighted by Gasteiger charge is -2.29. The van der Waals surface area contributed by atoms with E-state index in [1.807, 2.05) is 0 Å². The van der Waals surface area contributed by atoms with E-state index < -0.39 is 35.5 Å². The quantitative estimate of drug-likeness (QED) is 0.604. The van der Waals surface area contributed by atoms with E-state index in [1.165, 1.54) is 12.1 Å². The fourth-order valence-corrected chi connectivity index (χ4v) is 2.82. The molecule has 3 rings (SSSR count). The summed E-state index contributed by atoms with van der Waals surface area (Å²) in [6.45, 7) is 3.43. The molecule has 0 unspecified atom stereocenters. The highest BCUT2D eigenvalue weighted by Crippen LogP contribution is 2.36. The van der Waals surface area contributed by atoms with Crippen LogP contribution in [-0.4, -0.2) is 29.7 Å². The van der Waals surface area contributed by atoms with E-state index in [4.69, 9.17) is 0 Å². The van der Waals surface area contributed by atoms with Crippen LogP contribution in [-0.2, 0) is 4.79 Å². The number of halogens is 4. The lowest BCUT2D eigenvalue weighted by molar-refractivity contribution is -0.197. The number of aryl methyl sites for hydroxylation is 2. The van der Waals surface area contributed by atoms with Crippen molar-refractivity contribution in [1.29, 1.82) is 0 Å². The summed E-state index contributed by atoms with van der Waals surface area (Å²) < 4.78 is 54.6. The molecule has 2 N–H and O–H groups in total. The maximum absolute atomic E-state index is 13.9. The first-order valence-electron chi connectivity index (χ1n) is 8.35. The molecule has 29 heavy (non-hydrogen) atoms. The number of nitrogens with zero attached hydrogens (tertiary/aromatic N) is 1. The molecular weight excluding hydrogens is 394 g/mol. The van der Waals surface area contributed by atoms with Crippen molar-refractivity contribution in [2.75, 3.05) is 4.90 Å². The van der Waals surface area contributed by atoms with E-state index in [0.29, 0.717) is 10.5 Å². The minimum atomic E-state index is -5.34. The number of hydrogen-bond acceptors (Lipinski definition) is 3. The number of alkyl halides is 3. The van der Waals surface area contributed by atoms with Gasteiger partial charge in [-0.15, -0.1) is 0 Å². The number of carbonyl (C=O) groups excluding carboxylic acids is 3. The number of urea groups is 1. The molecule has 1 aliphatic heterocycles. The summed E-state index contributed by atoms with van der Waals surface area (Å²) in [5, 5.41) is 3.12. The lowest BCUT2D eigenvalue weighted by Crippen LogP contribution is -2.69. The third-order valence-corrected chi connectivity index (χ3v) is 4.60. The van der Waals surface area contributed by atoms with Crippen molar-refractivity contribution >= 4 is 23.5 Å². The average molecular weight is 409 g/mol. The molecule has 1 saturated heterocycles. The highest BCUT2D eigenvalue weighted by Gasteiger charge is 2.69. The van der Waals surface area contributed by atoms with Crippen LogP contribution < -0.4 is 15.5 Å². The molecule has 6 nitrogen and oxygen atoms in total. The Bertz CT molecular complexity index is 1000. The molecule has 4 amide bonds. The van der Waals surface area contributed by atoms with Crippen LogP contribution >= 0.6 is 0 Å². The van der Waals surface area contributed by atoms with E-state index in [9.17, 15) is 31.9 Å². The Morgan fingerprint density at radius 1 is 1.03 bits per heavy atom. The van der Waals surface area contributed by atoms with E-state index in [0.717, 1.165) is 29.8 Å². The van der Waals surface area contributed by atoms with Gasteiger partial charge in [0.05, 0.1) is 5.69 Å². The largest absolute Gasteiger partial charge is 0.440 e. The Labute approximate surface area is 162 Å². The van der Waals surface area contributed by atoms with Crippen LogP contribution in [0, 0.1) is 19.7 Å². The number of hydrogen-bond donors (Lipinski definition) is 2. The number of benzene rings is 2. The monoisotopic (exact) mass is 409 g/mol. The Hall–Kier alpha value is -3.43. The summed E-state index contributed by atoms with van der Waals surface area (Å²) in [4.78, 5) is 37.7. The maximum atomic E-state index is 13.9. The van der Waals surface area contributed by atoms with Gasteiger partial charge in [0.15, 0.2) is 0 Å². The summed E-state index contributed by atoms with van der Waals surface area (Å²) in [5.41, 5.74) is -2.58. The number of imide groups is 1. The van der Waals surface area contributed by atoms with E-state index in [2.05, 4.69) is 0 Å². The highest BCUT2D eigenvalue weighted by atomic mass is 19.4. The molecule has 0 radical (unpaired) electrons. The molecular formula is C19H15F4N3O3. The molecule has 0 spiro atoms. The molecule has 1 aliphatic rings. The molecule has 2 aromatic carbocycles. The number of nitrogens with one attached hydrogen (secondary N) is 2. The molecule has 1 heterocycles. The number of carbonyl (C=O) groups is 3. The van der Waals surface area contributed by atoms with Crippen LogP contribution in [0.3, 0.4) is 0 Å². The van der Waals surface area contributed by atoms with Crippen LogP contribution in [0.25, 0.3) is 0 Å². The molecule has 1 atom stereocenters. The summed E-state index contributed by atoms with van der Waals surface area (Å²) in [5.74, 6) is -3.70. The minimum Gasteiger partial charge on any atom is -0.314 e. The molecule has 10 heteroatoms. The van der Waals surface area contributed by atoms with Crippen molar-refractivity contribution in [3.8, 4) is 0 Å². The van der Waals surface area contributed by atoms with E-state index >= 15 is 0 Å². The normalized spacial score (nSPS) is 19.3. The van der Waals surface area contributed by atoms with Crippen LogP contribution in [0.1, 0.15) is 21.5 Å². The fourth-order valence-electron chi connectivity index (χ4n) is 2.82. The molecule has 0 bridgehead atoms. The van der Waals surface area contributed by atoms with Gasteiger partial charge in [-0.2, -0.15) is 13.2 Å². The molecule has 2 aromatic rings. The third kappa shape index (κ3) is 3.41. The van der Waals surface area contributed by atoms with Gasteiger partial charge in [-0.05, 0) is 61.4 Å². The first-order valence-corrected chi connectivity index (χ1v) is 8.35. The zero-order valence-corrected chi connectivity index (χ0v) is 15.2. The fraction of sp³-hybridized carbons (Fsp3) is 0.211. The van der Waals surface area contributed by atoms with Crippen molar-refractivity contribution < 1.29 is 31.9 Å². The highest BCUT2D eigenvalue weighted by molar-refractivity contribution is 6.24. The Kier molecular flexibility index (Phi) is 4.81. The summed E-state index contributed by atoms with van der Waals surface area (Å²) in [6.07, 6.45) is -5.34. The van der Waals surface area contributed by atoms with Crippen molar-refractivity contribution in [3.05, 3.63) is 65.0 Å². The van der Waals surface area contributed by atoms with Crippen LogP contribution in [0.15, 0.2) is 42.5 Å². The second kappa shape index (κ2) is 6.87. The zero-order chi connectivity index (χ0) is 21.6. The van der Waals surface area contributed by atoms with E-state index in [1.54, 1.807) is 30.5 Å². The SMILES string of the molecule is Cc1ccc(N2C(=O)N[C@](NC(=O)c3ccc(F)cc3)(C(F)(F)F)C2=O)cc1C. The molecule has 152 valence electrons. The van der Waals surface area contributed by atoms with Gasteiger partial charge in [0, 0.05) is 5.56 Å². The predicted molar refractivity (Wildman–Crippen MR) is 94.6 cm³/mol. The minimum absolute atomic E-state index is 0.0715. The van der Waals surface area contributed by atoms with Gasteiger partial charge in [0.1, 0.15) is 5.82 Å². The van der Waals surface area contributed by atoms with Gasteiger partial charge in [-0.1, -0.05) is 6.07 Å². The van der Waals surface area contributed by atoms with Crippen molar-refractivity contribution in [2.45, 2.75) is 25.7 Å². The van der Waals surface area contributed by atoms with Gasteiger partial charge in [0.2, 0.25) is 0 Å². The van der Waals surface area contributed by atoms with Crippen molar-refractivity contribution in [2.24, 2.45) is 0 Å². The Morgan fingerprint density at radius 3 is 2.21 bits per heavy atom. The number of amides is 4. The third-order valence-electron chi connectivity index (χ3n) is 4.60. The molecule has 0 aliphatic carbocycles. The summed E-state index contributed by atoms with van der Waals surface area (Å²) in [6, 6.07) is 6.60. The lowest BCUT2D eigenvalue weighted by atomic mass is 10.1. The Balaban J connectivity index is 2.01. The van der Waals surface area contributed by atoms with Gasteiger partial charge in [-0.25, -0.2) is 14.1 Å². The van der Waals surface area contributed by atoms with Crippen molar-refractivity contribution in [1.82, 2.24) is 10.6 Å².